The number of aromatic nitrogens is 4. The van der Waals surface area contributed by atoms with Crippen LogP contribution in [0.4, 0.5) is 24.9 Å². The first-order valence-electron chi connectivity index (χ1n) is 6.30. The lowest BCUT2D eigenvalue weighted by Gasteiger charge is -2.05. The van der Waals surface area contributed by atoms with E-state index in [0.717, 1.165) is 22.0 Å². The molecule has 0 amide bonds. The Kier molecular flexibility index (Phi) is 4.53. The second-order valence-electron chi connectivity index (χ2n) is 4.47. The van der Waals surface area contributed by atoms with Crippen LogP contribution in [0.25, 0.3) is 22.0 Å². The first-order valence-corrected chi connectivity index (χ1v) is 6.30. The van der Waals surface area contributed by atoms with E-state index in [0.29, 0.717) is 5.82 Å². The molecule has 2 aromatic heterocycles. The monoisotopic (exact) mass is 340 g/mol. The van der Waals surface area contributed by atoms with Crippen LogP contribution in [0.1, 0.15) is 0 Å². The molecule has 1 aromatic carbocycles. The van der Waals surface area contributed by atoms with Gasteiger partial charge in [-0.2, -0.15) is 23.3 Å². The molecule has 126 valence electrons. The fourth-order valence-corrected chi connectivity index (χ4v) is 1.82. The standard InChI is InChI=1S/C11H10N6.C2HF3O2/c12-10-8(4-14-11(13)16-10)6-2-1-3-9-7(6)5-15-17-9;3-2(4,5)1(6)7/h1-5H,(H,15,17)(H4,12,13,14,16);(H,6,7). The van der Waals surface area contributed by atoms with Crippen molar-refractivity contribution in [3.05, 3.63) is 30.6 Å². The first kappa shape index (κ1) is 17.0. The highest BCUT2D eigenvalue weighted by molar-refractivity contribution is 5.96. The molecule has 0 saturated carbocycles. The zero-order chi connectivity index (χ0) is 17.9. The Morgan fingerprint density at radius 3 is 2.42 bits per heavy atom. The Balaban J connectivity index is 0.000000256. The number of alkyl halides is 3. The third-order valence-electron chi connectivity index (χ3n) is 2.85. The van der Waals surface area contributed by atoms with Gasteiger partial charge in [-0.25, -0.2) is 9.78 Å². The highest BCUT2D eigenvalue weighted by Crippen LogP contribution is 2.30. The van der Waals surface area contributed by atoms with Crippen molar-refractivity contribution in [2.45, 2.75) is 6.18 Å². The summed E-state index contributed by atoms with van der Waals surface area (Å²) in [7, 11) is 0. The molecule has 0 bridgehead atoms. The minimum atomic E-state index is -5.08. The average molecular weight is 340 g/mol. The number of nitrogens with zero attached hydrogens (tertiary/aromatic N) is 3. The quantitative estimate of drug-likeness (QED) is 0.529. The fourth-order valence-electron chi connectivity index (χ4n) is 1.82. The molecule has 0 aliphatic carbocycles. The van der Waals surface area contributed by atoms with E-state index in [-0.39, 0.29) is 5.95 Å². The smallest absolute Gasteiger partial charge is 0.475 e. The number of hydrogen-bond acceptors (Lipinski definition) is 6. The number of anilines is 2. The Morgan fingerprint density at radius 1 is 1.17 bits per heavy atom. The lowest BCUT2D eigenvalue weighted by molar-refractivity contribution is -0.192. The number of aliphatic carboxylic acids is 1. The largest absolute Gasteiger partial charge is 0.490 e. The molecule has 0 spiro atoms. The van der Waals surface area contributed by atoms with Crippen molar-refractivity contribution in [2.24, 2.45) is 0 Å². The molecule has 24 heavy (non-hydrogen) atoms. The van der Waals surface area contributed by atoms with E-state index in [9.17, 15) is 13.2 Å². The molecule has 11 heteroatoms. The topological polar surface area (TPSA) is 144 Å². The maximum Gasteiger partial charge on any atom is 0.490 e. The minimum Gasteiger partial charge on any atom is -0.475 e. The average Bonchev–Trinajstić information content (AvgIpc) is 2.95. The summed E-state index contributed by atoms with van der Waals surface area (Å²) in [6.07, 6.45) is -1.71. The summed E-state index contributed by atoms with van der Waals surface area (Å²) in [5, 5.41) is 15.0. The number of aromatic amines is 1. The predicted molar refractivity (Wildman–Crippen MR) is 79.6 cm³/mol. The molecule has 0 unspecified atom stereocenters. The number of nitrogens with two attached hydrogens (primary N) is 2. The number of hydrogen-bond donors (Lipinski definition) is 4. The van der Waals surface area contributed by atoms with Crippen molar-refractivity contribution in [1.29, 1.82) is 0 Å². The predicted octanol–water partition coefficient (Wildman–Crippen LogP) is 1.82. The maximum absolute atomic E-state index is 10.6. The van der Waals surface area contributed by atoms with Gasteiger partial charge in [0.25, 0.3) is 0 Å². The van der Waals surface area contributed by atoms with Gasteiger partial charge in [-0.3, -0.25) is 5.10 Å². The van der Waals surface area contributed by atoms with Crippen LogP contribution in [0.15, 0.2) is 30.6 Å². The molecule has 0 atom stereocenters. The summed E-state index contributed by atoms with van der Waals surface area (Å²) in [6, 6.07) is 5.81. The zero-order valence-electron chi connectivity index (χ0n) is 11.9. The van der Waals surface area contributed by atoms with E-state index in [1.807, 2.05) is 18.2 Å². The van der Waals surface area contributed by atoms with Gasteiger partial charge in [-0.05, 0) is 11.6 Å². The molecule has 3 rings (SSSR count). The van der Waals surface area contributed by atoms with Gasteiger partial charge in [0.2, 0.25) is 5.95 Å². The van der Waals surface area contributed by atoms with E-state index >= 15 is 0 Å². The van der Waals surface area contributed by atoms with E-state index < -0.39 is 12.1 Å². The van der Waals surface area contributed by atoms with Crippen molar-refractivity contribution in [2.75, 3.05) is 11.5 Å². The van der Waals surface area contributed by atoms with Crippen molar-refractivity contribution >= 4 is 28.6 Å². The third-order valence-corrected chi connectivity index (χ3v) is 2.85. The minimum absolute atomic E-state index is 0.172. The summed E-state index contributed by atoms with van der Waals surface area (Å²) in [6.45, 7) is 0. The van der Waals surface area contributed by atoms with Crippen LogP contribution < -0.4 is 11.5 Å². The third kappa shape index (κ3) is 3.69. The number of nitrogens with one attached hydrogen (secondary N) is 1. The highest BCUT2D eigenvalue weighted by atomic mass is 19.4. The number of carbonyl (C=O) groups is 1. The first-order chi connectivity index (χ1) is 11.2. The van der Waals surface area contributed by atoms with Crippen molar-refractivity contribution in [3.8, 4) is 11.1 Å². The van der Waals surface area contributed by atoms with Crippen LogP contribution in [0.3, 0.4) is 0 Å². The normalized spacial score (nSPS) is 11.0. The van der Waals surface area contributed by atoms with Crippen LogP contribution in [0.5, 0.6) is 0 Å². The van der Waals surface area contributed by atoms with Crippen LogP contribution >= 0.6 is 0 Å². The number of fused-ring (bicyclic) bond motifs is 1. The molecule has 3 aromatic rings. The van der Waals surface area contributed by atoms with Crippen molar-refractivity contribution in [1.82, 2.24) is 20.2 Å². The number of halogens is 3. The van der Waals surface area contributed by atoms with Crippen LogP contribution in [0, 0.1) is 0 Å². The van der Waals surface area contributed by atoms with Gasteiger partial charge < -0.3 is 16.6 Å². The van der Waals surface area contributed by atoms with Crippen LogP contribution in [-0.2, 0) is 4.79 Å². The summed E-state index contributed by atoms with van der Waals surface area (Å²) < 4.78 is 31.7. The van der Waals surface area contributed by atoms with Crippen molar-refractivity contribution in [3.63, 3.8) is 0 Å². The van der Waals surface area contributed by atoms with E-state index in [4.69, 9.17) is 21.4 Å². The van der Waals surface area contributed by atoms with Crippen LogP contribution in [-0.4, -0.2) is 37.4 Å². The Morgan fingerprint density at radius 2 is 1.83 bits per heavy atom. The number of benzene rings is 1. The molecule has 0 saturated heterocycles. The van der Waals surface area contributed by atoms with Gasteiger partial charge in [0.15, 0.2) is 0 Å². The highest BCUT2D eigenvalue weighted by Gasteiger charge is 2.38. The molecule has 0 aliphatic rings. The second kappa shape index (κ2) is 6.40. The summed E-state index contributed by atoms with van der Waals surface area (Å²) >= 11 is 0. The summed E-state index contributed by atoms with van der Waals surface area (Å²) in [5.74, 6) is -2.22. The molecular weight excluding hydrogens is 329 g/mol. The SMILES string of the molecule is Nc1ncc(-c2cccc3[nH]ncc23)c(N)n1.O=C(O)C(F)(F)F. The van der Waals surface area contributed by atoms with Crippen LogP contribution in [0.2, 0.25) is 0 Å². The van der Waals surface area contributed by atoms with Gasteiger partial charge in [0, 0.05) is 17.1 Å². The second-order valence-corrected chi connectivity index (χ2v) is 4.47. The number of rotatable bonds is 1. The van der Waals surface area contributed by atoms with Crippen molar-refractivity contribution < 1.29 is 23.1 Å². The summed E-state index contributed by atoms with van der Waals surface area (Å²) in [4.78, 5) is 16.8. The molecule has 0 aliphatic heterocycles. The van der Waals surface area contributed by atoms with Gasteiger partial charge in [0.05, 0.1) is 11.7 Å². The molecule has 0 radical (unpaired) electrons. The number of carboxylic acids is 1. The molecular formula is C13H11F3N6O2. The van der Waals surface area contributed by atoms with E-state index in [1.54, 1.807) is 12.4 Å². The lowest BCUT2D eigenvalue weighted by Crippen LogP contribution is -2.21. The van der Waals surface area contributed by atoms with Gasteiger partial charge >= 0.3 is 12.1 Å². The Labute approximate surface area is 132 Å². The lowest BCUT2D eigenvalue weighted by atomic mass is 10.0. The zero-order valence-corrected chi connectivity index (χ0v) is 11.9. The maximum atomic E-state index is 10.6. The molecule has 6 N–H and O–H groups in total. The summed E-state index contributed by atoms with van der Waals surface area (Å²) in [5.41, 5.74) is 14.0. The number of H-pyrrole nitrogens is 1. The number of carboxylic acid groups (broad SMARTS) is 1. The Bertz CT molecular complexity index is 878. The van der Waals surface area contributed by atoms with Gasteiger partial charge in [-0.1, -0.05) is 12.1 Å². The van der Waals surface area contributed by atoms with Gasteiger partial charge in [-0.15, -0.1) is 0 Å². The molecule has 8 nitrogen and oxygen atoms in total. The fraction of sp³-hybridized carbons (Fsp3) is 0.0769. The van der Waals surface area contributed by atoms with E-state index in [2.05, 4.69) is 20.2 Å². The van der Waals surface area contributed by atoms with E-state index in [1.165, 1.54) is 0 Å². The molecule has 0 fully saturated rings. The molecule has 2 heterocycles. The van der Waals surface area contributed by atoms with Gasteiger partial charge in [0.1, 0.15) is 5.82 Å². The Hall–Kier alpha value is -3.37. The number of nitrogen functional groups attached to an aromatic ring is 2.